The van der Waals surface area contributed by atoms with E-state index in [-0.39, 0.29) is 26.4 Å². The van der Waals surface area contributed by atoms with Crippen molar-refractivity contribution in [2.75, 3.05) is 13.1 Å². The molecule has 1 aromatic carbocycles. The number of carbonyl (C=O) groups excluding carboxylic acids is 1. The fraction of sp³-hybridized carbons (Fsp3) is 0.462. The summed E-state index contributed by atoms with van der Waals surface area (Å²) in [5, 5.41) is 0.0278. The predicted molar refractivity (Wildman–Crippen MR) is 83.7 cm³/mol. The number of hydrogen-bond acceptors (Lipinski definition) is 3. The van der Waals surface area contributed by atoms with Crippen molar-refractivity contribution in [3.8, 4) is 0 Å². The molecule has 8 heteroatoms. The Kier molecular flexibility index (Phi) is 4.78. The van der Waals surface area contributed by atoms with Crippen LogP contribution in [0.15, 0.2) is 17.0 Å². The number of nitrogens with zero attached hydrogens (tertiary/aromatic N) is 1. The highest BCUT2D eigenvalue weighted by molar-refractivity contribution is 8.13. The normalized spacial score (nSPS) is 22.6. The van der Waals surface area contributed by atoms with E-state index in [4.69, 9.17) is 33.9 Å². The molecule has 21 heavy (non-hydrogen) atoms. The van der Waals surface area contributed by atoms with Crippen LogP contribution in [0.3, 0.4) is 0 Å². The van der Waals surface area contributed by atoms with Gasteiger partial charge >= 0.3 is 0 Å². The van der Waals surface area contributed by atoms with Gasteiger partial charge < -0.3 is 4.90 Å². The molecule has 0 bridgehead atoms. The van der Waals surface area contributed by atoms with Crippen molar-refractivity contribution >= 4 is 48.8 Å². The molecular formula is C13H14Cl3NO3S. The standard InChI is InChI=1S/C13H14Cl3NO3S/c1-7-5-17(6-8(7)2)13(18)10-3-9(21(16,19)20)4-11(14)12(10)15/h3-4,7-8H,5-6H2,1-2H3. The van der Waals surface area contributed by atoms with Crippen molar-refractivity contribution in [1.82, 2.24) is 4.90 Å². The molecule has 1 aromatic rings. The van der Waals surface area contributed by atoms with Crippen molar-refractivity contribution in [2.24, 2.45) is 11.8 Å². The molecule has 0 radical (unpaired) electrons. The van der Waals surface area contributed by atoms with E-state index in [9.17, 15) is 13.2 Å². The average Bonchev–Trinajstić information content (AvgIpc) is 2.70. The van der Waals surface area contributed by atoms with Crippen LogP contribution >= 0.6 is 33.9 Å². The monoisotopic (exact) mass is 369 g/mol. The molecule has 0 N–H and O–H groups in total. The highest BCUT2D eigenvalue weighted by atomic mass is 35.7. The van der Waals surface area contributed by atoms with E-state index in [0.717, 1.165) is 6.07 Å². The molecule has 2 rings (SSSR count). The summed E-state index contributed by atoms with van der Waals surface area (Å²) >= 11 is 12.0. The van der Waals surface area contributed by atoms with Gasteiger partial charge in [0.2, 0.25) is 0 Å². The zero-order valence-corrected chi connectivity index (χ0v) is 14.5. The fourth-order valence-electron chi connectivity index (χ4n) is 2.33. The lowest BCUT2D eigenvalue weighted by Gasteiger charge is -2.17. The zero-order valence-electron chi connectivity index (χ0n) is 11.4. The Labute approximate surface area is 138 Å². The summed E-state index contributed by atoms with van der Waals surface area (Å²) in [6.45, 7) is 5.33. The Bertz CT molecular complexity index is 680. The maximum Gasteiger partial charge on any atom is 0.261 e. The van der Waals surface area contributed by atoms with Gasteiger partial charge in [-0.05, 0) is 24.0 Å². The summed E-state index contributed by atoms with van der Waals surface area (Å²) in [5.74, 6) is 0.423. The van der Waals surface area contributed by atoms with Gasteiger partial charge in [-0.3, -0.25) is 4.79 Å². The Morgan fingerprint density at radius 3 is 2.19 bits per heavy atom. The molecule has 2 unspecified atom stereocenters. The van der Waals surface area contributed by atoms with Crippen molar-refractivity contribution < 1.29 is 13.2 Å². The maximum absolute atomic E-state index is 12.5. The molecule has 0 aromatic heterocycles. The van der Waals surface area contributed by atoms with Crippen LogP contribution in [0, 0.1) is 11.8 Å². The number of carbonyl (C=O) groups is 1. The molecule has 116 valence electrons. The van der Waals surface area contributed by atoms with E-state index in [1.165, 1.54) is 6.07 Å². The van der Waals surface area contributed by atoms with Gasteiger partial charge in [0.15, 0.2) is 0 Å². The minimum absolute atomic E-state index is 0.0120. The molecule has 4 nitrogen and oxygen atoms in total. The lowest BCUT2D eigenvalue weighted by Crippen LogP contribution is -2.29. The van der Waals surface area contributed by atoms with Gasteiger partial charge in [-0.15, -0.1) is 0 Å². The second-order valence-electron chi connectivity index (χ2n) is 5.37. The molecule has 1 amide bonds. The Balaban J connectivity index is 2.44. The molecule has 1 saturated heterocycles. The van der Waals surface area contributed by atoms with Crippen LogP contribution in [0.4, 0.5) is 0 Å². The van der Waals surface area contributed by atoms with Crippen molar-refractivity contribution in [3.63, 3.8) is 0 Å². The topological polar surface area (TPSA) is 54.5 Å². The van der Waals surface area contributed by atoms with E-state index in [1.54, 1.807) is 4.90 Å². The summed E-state index contributed by atoms with van der Waals surface area (Å²) in [4.78, 5) is 14.0. The number of hydrogen-bond donors (Lipinski definition) is 0. The van der Waals surface area contributed by atoms with Crippen LogP contribution in [0.2, 0.25) is 10.0 Å². The molecule has 2 atom stereocenters. The highest BCUT2D eigenvalue weighted by Gasteiger charge is 2.31. The van der Waals surface area contributed by atoms with Gasteiger partial charge in [0, 0.05) is 23.8 Å². The van der Waals surface area contributed by atoms with Gasteiger partial charge in [0.25, 0.3) is 15.0 Å². The van der Waals surface area contributed by atoms with Crippen molar-refractivity contribution in [1.29, 1.82) is 0 Å². The lowest BCUT2D eigenvalue weighted by molar-refractivity contribution is 0.0785. The Hall–Kier alpha value is -0.490. The maximum atomic E-state index is 12.5. The molecule has 1 heterocycles. The van der Waals surface area contributed by atoms with Crippen LogP contribution in [0.1, 0.15) is 24.2 Å². The van der Waals surface area contributed by atoms with Crippen LogP contribution in [0.25, 0.3) is 0 Å². The number of likely N-dealkylation sites (tertiary alicyclic amines) is 1. The summed E-state index contributed by atoms with van der Waals surface area (Å²) in [5.41, 5.74) is 0.0599. The molecule has 1 fully saturated rings. The second-order valence-corrected chi connectivity index (χ2v) is 8.72. The summed E-state index contributed by atoms with van der Waals surface area (Å²) in [6, 6.07) is 2.31. The molecule has 0 spiro atoms. The van der Waals surface area contributed by atoms with Crippen LogP contribution in [-0.2, 0) is 9.05 Å². The number of rotatable bonds is 2. The Morgan fingerprint density at radius 2 is 1.71 bits per heavy atom. The summed E-state index contributed by atoms with van der Waals surface area (Å²) in [7, 11) is 1.33. The Morgan fingerprint density at radius 1 is 1.19 bits per heavy atom. The first-order valence-corrected chi connectivity index (χ1v) is 9.40. The van der Waals surface area contributed by atoms with Gasteiger partial charge in [0.05, 0.1) is 20.5 Å². The average molecular weight is 371 g/mol. The quantitative estimate of drug-likeness (QED) is 0.747. The van der Waals surface area contributed by atoms with Crippen molar-refractivity contribution in [2.45, 2.75) is 18.7 Å². The van der Waals surface area contributed by atoms with Crippen molar-refractivity contribution in [3.05, 3.63) is 27.7 Å². The van der Waals surface area contributed by atoms with E-state index >= 15 is 0 Å². The lowest BCUT2D eigenvalue weighted by atomic mass is 10.0. The second kappa shape index (κ2) is 5.95. The van der Waals surface area contributed by atoms with E-state index < -0.39 is 9.05 Å². The highest BCUT2D eigenvalue weighted by Crippen LogP contribution is 2.33. The molecule has 0 saturated carbocycles. The van der Waals surface area contributed by atoms with Gasteiger partial charge in [0.1, 0.15) is 0 Å². The minimum Gasteiger partial charge on any atom is -0.338 e. The van der Waals surface area contributed by atoms with Gasteiger partial charge in [-0.2, -0.15) is 0 Å². The number of halogens is 3. The third-order valence-electron chi connectivity index (χ3n) is 3.79. The third-order valence-corrected chi connectivity index (χ3v) is 5.92. The van der Waals surface area contributed by atoms with E-state index in [2.05, 4.69) is 13.8 Å². The smallest absolute Gasteiger partial charge is 0.261 e. The first kappa shape index (κ1) is 16.9. The number of amides is 1. The SMILES string of the molecule is CC1CN(C(=O)c2cc(S(=O)(=O)Cl)cc(Cl)c2Cl)CC1C. The van der Waals surface area contributed by atoms with E-state index in [0.29, 0.717) is 24.9 Å². The zero-order chi connectivity index (χ0) is 15.9. The fourth-order valence-corrected chi connectivity index (χ4v) is 3.58. The molecular weight excluding hydrogens is 357 g/mol. The molecule has 0 aliphatic carbocycles. The molecule has 1 aliphatic heterocycles. The first-order chi connectivity index (χ1) is 9.61. The number of benzene rings is 1. The van der Waals surface area contributed by atoms with Crippen LogP contribution in [-0.4, -0.2) is 32.3 Å². The van der Waals surface area contributed by atoms with E-state index in [1.807, 2.05) is 0 Å². The summed E-state index contributed by atoms with van der Waals surface area (Å²) in [6.07, 6.45) is 0. The van der Waals surface area contributed by atoms with Gasteiger partial charge in [-0.25, -0.2) is 8.42 Å². The minimum atomic E-state index is -3.98. The van der Waals surface area contributed by atoms with Crippen LogP contribution < -0.4 is 0 Å². The van der Waals surface area contributed by atoms with Gasteiger partial charge in [-0.1, -0.05) is 37.0 Å². The van der Waals surface area contributed by atoms with Crippen LogP contribution in [0.5, 0.6) is 0 Å². The molecule has 1 aliphatic rings. The first-order valence-electron chi connectivity index (χ1n) is 6.34. The largest absolute Gasteiger partial charge is 0.338 e. The predicted octanol–water partition coefficient (Wildman–Crippen LogP) is 3.65. The summed E-state index contributed by atoms with van der Waals surface area (Å²) < 4.78 is 22.9. The third kappa shape index (κ3) is 3.47.